The van der Waals surface area contributed by atoms with Crippen LogP contribution in [0.25, 0.3) is 0 Å². The van der Waals surface area contributed by atoms with Gasteiger partial charge in [-0.15, -0.1) is 0 Å². The summed E-state index contributed by atoms with van der Waals surface area (Å²) in [4.78, 5) is 24.6. The SMILES string of the molecule is CC[C@@H](C)[C@@H](C(=O)OCC(=O)Nc1ccccc1C)c1ccccc1. The van der Waals surface area contributed by atoms with E-state index in [2.05, 4.69) is 5.32 Å². The number of para-hydroxylation sites is 1. The highest BCUT2D eigenvalue weighted by molar-refractivity contribution is 5.93. The summed E-state index contributed by atoms with van der Waals surface area (Å²) in [6.07, 6.45) is 0.851. The average Bonchev–Trinajstić information content (AvgIpc) is 2.63. The molecule has 0 aliphatic carbocycles. The van der Waals surface area contributed by atoms with Gasteiger partial charge in [-0.3, -0.25) is 9.59 Å². The van der Waals surface area contributed by atoms with Crippen LogP contribution in [0.4, 0.5) is 5.69 Å². The van der Waals surface area contributed by atoms with Gasteiger partial charge in [0, 0.05) is 5.69 Å². The summed E-state index contributed by atoms with van der Waals surface area (Å²) < 4.78 is 5.30. The van der Waals surface area contributed by atoms with Crippen LogP contribution in [0.1, 0.15) is 37.3 Å². The zero-order valence-corrected chi connectivity index (χ0v) is 15.0. The van der Waals surface area contributed by atoms with Crippen molar-refractivity contribution in [1.82, 2.24) is 0 Å². The molecule has 0 aliphatic rings. The third-order valence-corrected chi connectivity index (χ3v) is 4.39. The van der Waals surface area contributed by atoms with Gasteiger partial charge in [0.15, 0.2) is 6.61 Å². The number of rotatable bonds is 7. The number of nitrogens with one attached hydrogen (secondary N) is 1. The summed E-state index contributed by atoms with van der Waals surface area (Å²) in [6, 6.07) is 17.1. The second-order valence-corrected chi connectivity index (χ2v) is 6.24. The highest BCUT2D eigenvalue weighted by Gasteiger charge is 2.27. The molecule has 2 aromatic rings. The lowest BCUT2D eigenvalue weighted by molar-refractivity contribution is -0.150. The zero-order chi connectivity index (χ0) is 18.2. The largest absolute Gasteiger partial charge is 0.455 e. The van der Waals surface area contributed by atoms with Crippen LogP contribution in [-0.2, 0) is 14.3 Å². The molecule has 2 aromatic carbocycles. The van der Waals surface area contributed by atoms with Gasteiger partial charge in [-0.05, 0) is 30.0 Å². The van der Waals surface area contributed by atoms with Crippen molar-refractivity contribution in [3.05, 3.63) is 65.7 Å². The van der Waals surface area contributed by atoms with Crippen LogP contribution in [0.3, 0.4) is 0 Å². The van der Waals surface area contributed by atoms with Crippen LogP contribution in [-0.4, -0.2) is 18.5 Å². The number of ether oxygens (including phenoxy) is 1. The summed E-state index contributed by atoms with van der Waals surface area (Å²) >= 11 is 0. The molecule has 1 amide bonds. The first-order chi connectivity index (χ1) is 12.0. The van der Waals surface area contributed by atoms with Gasteiger partial charge in [-0.25, -0.2) is 0 Å². The second kappa shape index (κ2) is 9.02. The molecule has 2 rings (SSSR count). The van der Waals surface area contributed by atoms with Gasteiger partial charge >= 0.3 is 5.97 Å². The average molecular weight is 339 g/mol. The molecule has 0 aromatic heterocycles. The van der Waals surface area contributed by atoms with E-state index in [-0.39, 0.29) is 30.3 Å². The molecule has 0 saturated heterocycles. The van der Waals surface area contributed by atoms with Crippen molar-refractivity contribution in [2.45, 2.75) is 33.1 Å². The molecule has 0 radical (unpaired) electrons. The van der Waals surface area contributed by atoms with Crippen molar-refractivity contribution >= 4 is 17.6 Å². The fourth-order valence-electron chi connectivity index (χ4n) is 2.72. The van der Waals surface area contributed by atoms with Gasteiger partial charge in [0.25, 0.3) is 5.91 Å². The van der Waals surface area contributed by atoms with Gasteiger partial charge < -0.3 is 10.1 Å². The van der Waals surface area contributed by atoms with Crippen LogP contribution < -0.4 is 5.32 Å². The Morgan fingerprint density at radius 1 is 1.04 bits per heavy atom. The minimum atomic E-state index is -0.363. The molecule has 0 fully saturated rings. The minimum absolute atomic E-state index is 0.134. The lowest BCUT2D eigenvalue weighted by Crippen LogP contribution is -2.27. The van der Waals surface area contributed by atoms with Gasteiger partial charge in [0.05, 0.1) is 5.92 Å². The molecule has 4 heteroatoms. The lowest BCUT2D eigenvalue weighted by atomic mass is 9.86. The predicted molar refractivity (Wildman–Crippen MR) is 99.4 cm³/mol. The van der Waals surface area contributed by atoms with Gasteiger partial charge in [-0.2, -0.15) is 0 Å². The Bertz CT molecular complexity index is 712. The van der Waals surface area contributed by atoms with E-state index in [1.807, 2.05) is 75.4 Å². The summed E-state index contributed by atoms with van der Waals surface area (Å²) in [5.74, 6) is -0.925. The molecule has 25 heavy (non-hydrogen) atoms. The van der Waals surface area contributed by atoms with Gasteiger partial charge in [-0.1, -0.05) is 68.8 Å². The van der Waals surface area contributed by atoms with Crippen molar-refractivity contribution in [2.75, 3.05) is 11.9 Å². The van der Waals surface area contributed by atoms with E-state index in [1.165, 1.54) is 0 Å². The number of hydrogen-bond acceptors (Lipinski definition) is 3. The molecule has 132 valence electrons. The number of carbonyl (C=O) groups excluding carboxylic acids is 2. The summed E-state index contributed by atoms with van der Waals surface area (Å²) in [5, 5.41) is 2.77. The third-order valence-electron chi connectivity index (χ3n) is 4.39. The Morgan fingerprint density at radius 3 is 2.32 bits per heavy atom. The molecule has 0 heterocycles. The number of esters is 1. The van der Waals surface area contributed by atoms with E-state index < -0.39 is 0 Å². The van der Waals surface area contributed by atoms with Crippen LogP contribution >= 0.6 is 0 Å². The highest BCUT2D eigenvalue weighted by Crippen LogP contribution is 2.28. The van der Waals surface area contributed by atoms with E-state index in [0.717, 1.165) is 23.2 Å². The highest BCUT2D eigenvalue weighted by atomic mass is 16.5. The second-order valence-electron chi connectivity index (χ2n) is 6.24. The Labute approximate surface area is 149 Å². The molecule has 2 atom stereocenters. The lowest BCUT2D eigenvalue weighted by Gasteiger charge is -2.21. The van der Waals surface area contributed by atoms with E-state index in [9.17, 15) is 9.59 Å². The molecule has 1 N–H and O–H groups in total. The number of aryl methyl sites for hydroxylation is 1. The number of carbonyl (C=O) groups is 2. The molecule has 0 bridgehead atoms. The number of benzene rings is 2. The maximum Gasteiger partial charge on any atom is 0.314 e. The van der Waals surface area contributed by atoms with E-state index in [4.69, 9.17) is 4.74 Å². The Morgan fingerprint density at radius 2 is 1.68 bits per heavy atom. The molecule has 0 spiro atoms. The Hall–Kier alpha value is -2.62. The maximum atomic E-state index is 12.6. The first-order valence-corrected chi connectivity index (χ1v) is 8.60. The third kappa shape index (κ3) is 5.18. The fourth-order valence-corrected chi connectivity index (χ4v) is 2.72. The number of anilines is 1. The zero-order valence-electron chi connectivity index (χ0n) is 15.0. The van der Waals surface area contributed by atoms with Crippen molar-refractivity contribution in [3.8, 4) is 0 Å². The normalized spacial score (nSPS) is 12.9. The van der Waals surface area contributed by atoms with Crippen LogP contribution in [0.15, 0.2) is 54.6 Å². The molecular formula is C21H25NO3. The quantitative estimate of drug-likeness (QED) is 0.765. The Kier molecular flexibility index (Phi) is 6.75. The van der Waals surface area contributed by atoms with Gasteiger partial charge in [0.2, 0.25) is 0 Å². The Balaban J connectivity index is 1.99. The van der Waals surface area contributed by atoms with Crippen LogP contribution in [0.5, 0.6) is 0 Å². The van der Waals surface area contributed by atoms with E-state index >= 15 is 0 Å². The van der Waals surface area contributed by atoms with Crippen molar-refractivity contribution < 1.29 is 14.3 Å². The van der Waals surface area contributed by atoms with Gasteiger partial charge in [0.1, 0.15) is 0 Å². The summed E-state index contributed by atoms with van der Waals surface area (Å²) in [7, 11) is 0. The number of amides is 1. The maximum absolute atomic E-state index is 12.6. The predicted octanol–water partition coefficient (Wildman–Crippen LogP) is 4.31. The first-order valence-electron chi connectivity index (χ1n) is 8.60. The number of hydrogen-bond donors (Lipinski definition) is 1. The van der Waals surface area contributed by atoms with E-state index in [1.54, 1.807) is 0 Å². The molecule has 0 saturated carbocycles. The molecule has 0 unspecified atom stereocenters. The first kappa shape index (κ1) is 18.7. The van der Waals surface area contributed by atoms with Crippen LogP contribution in [0, 0.1) is 12.8 Å². The van der Waals surface area contributed by atoms with Crippen molar-refractivity contribution in [3.63, 3.8) is 0 Å². The summed E-state index contributed by atoms with van der Waals surface area (Å²) in [6.45, 7) is 5.69. The van der Waals surface area contributed by atoms with Crippen molar-refractivity contribution in [2.24, 2.45) is 5.92 Å². The summed E-state index contributed by atoms with van der Waals surface area (Å²) in [5.41, 5.74) is 2.61. The molecule has 0 aliphatic heterocycles. The van der Waals surface area contributed by atoms with Crippen LogP contribution in [0.2, 0.25) is 0 Å². The standard InChI is InChI=1S/C21H25NO3/c1-4-15(2)20(17-11-6-5-7-12-17)21(24)25-14-19(23)22-18-13-9-8-10-16(18)3/h5-13,15,20H,4,14H2,1-3H3,(H,22,23)/t15-,20-/m1/s1. The molecular weight excluding hydrogens is 314 g/mol. The fraction of sp³-hybridized carbons (Fsp3) is 0.333. The monoisotopic (exact) mass is 339 g/mol. The minimum Gasteiger partial charge on any atom is -0.455 e. The topological polar surface area (TPSA) is 55.4 Å². The smallest absolute Gasteiger partial charge is 0.314 e. The van der Waals surface area contributed by atoms with Crippen molar-refractivity contribution in [1.29, 1.82) is 0 Å². The van der Waals surface area contributed by atoms with E-state index in [0.29, 0.717) is 0 Å². The molecule has 4 nitrogen and oxygen atoms in total.